The summed E-state index contributed by atoms with van der Waals surface area (Å²) in [4.78, 5) is 16.1. The molecule has 0 aliphatic carbocycles. The zero-order valence-electron chi connectivity index (χ0n) is 15.4. The van der Waals surface area contributed by atoms with E-state index in [0.717, 1.165) is 17.0 Å². The van der Waals surface area contributed by atoms with Gasteiger partial charge in [0.25, 0.3) is 0 Å². The Morgan fingerprint density at radius 3 is 2.63 bits per heavy atom. The summed E-state index contributed by atoms with van der Waals surface area (Å²) in [5.74, 6) is -0.0792. The van der Waals surface area contributed by atoms with Crippen LogP contribution in [0.1, 0.15) is 28.1 Å². The average molecular weight is 426 g/mol. The van der Waals surface area contributed by atoms with E-state index in [9.17, 15) is 4.79 Å². The lowest BCUT2D eigenvalue weighted by molar-refractivity contribution is -0.128. The zero-order chi connectivity index (χ0) is 19.4. The Balaban J connectivity index is 1.74. The first-order chi connectivity index (χ1) is 12.9. The van der Waals surface area contributed by atoms with Gasteiger partial charge in [0.2, 0.25) is 0 Å². The number of carbonyl (C=O) groups is 1. The van der Waals surface area contributed by atoms with Crippen LogP contribution in [0.5, 0.6) is 5.75 Å². The lowest BCUT2D eigenvalue weighted by Gasteiger charge is -2.05. The van der Waals surface area contributed by atoms with Crippen molar-refractivity contribution in [1.82, 2.24) is 14.8 Å². The third-order valence-corrected chi connectivity index (χ3v) is 4.81. The van der Waals surface area contributed by atoms with E-state index in [1.165, 1.54) is 17.2 Å². The van der Waals surface area contributed by atoms with Crippen LogP contribution < -0.4 is 4.74 Å². The van der Waals surface area contributed by atoms with Gasteiger partial charge in [0.15, 0.2) is 5.75 Å². The van der Waals surface area contributed by atoms with Gasteiger partial charge < -0.3 is 4.74 Å². The van der Waals surface area contributed by atoms with E-state index in [0.29, 0.717) is 16.9 Å². The molecule has 3 aromatic rings. The average Bonchev–Trinajstić information content (AvgIpc) is 2.90. The molecule has 0 saturated heterocycles. The van der Waals surface area contributed by atoms with Gasteiger partial charge >= 0.3 is 5.97 Å². The third-order valence-electron chi connectivity index (χ3n) is 4.21. The molecule has 0 radical (unpaired) electrons. The van der Waals surface area contributed by atoms with Crippen molar-refractivity contribution in [2.75, 3.05) is 0 Å². The molecule has 0 saturated carbocycles. The monoisotopic (exact) mass is 425 g/mol. The molecule has 6 heteroatoms. The molecule has 2 heterocycles. The van der Waals surface area contributed by atoms with Crippen molar-refractivity contribution < 1.29 is 9.53 Å². The number of hydrogen-bond donors (Lipinski definition) is 0. The molecule has 0 N–H and O–H groups in total. The molecule has 138 valence electrons. The molecule has 3 rings (SSSR count). The van der Waals surface area contributed by atoms with Crippen LogP contribution in [0.25, 0.3) is 6.08 Å². The number of ether oxygens (including phenoxy) is 1. The maximum absolute atomic E-state index is 12.1. The largest absolute Gasteiger partial charge is 0.420 e. The van der Waals surface area contributed by atoms with Gasteiger partial charge in [-0.1, -0.05) is 29.8 Å². The molecule has 27 heavy (non-hydrogen) atoms. The van der Waals surface area contributed by atoms with E-state index in [1.807, 2.05) is 18.5 Å². The first-order valence-electron chi connectivity index (χ1n) is 8.54. The number of benzene rings is 1. The Morgan fingerprint density at radius 1 is 1.19 bits per heavy atom. The number of rotatable bonds is 5. The van der Waals surface area contributed by atoms with Crippen LogP contribution in [0, 0.1) is 20.8 Å². The topological polar surface area (TPSA) is 57.0 Å². The van der Waals surface area contributed by atoms with E-state index < -0.39 is 5.97 Å². The van der Waals surface area contributed by atoms with Crippen molar-refractivity contribution in [3.63, 3.8) is 0 Å². The molecule has 0 spiro atoms. The Labute approximate surface area is 166 Å². The number of aryl methyl sites for hydroxylation is 2. The van der Waals surface area contributed by atoms with Crippen LogP contribution in [-0.4, -0.2) is 20.7 Å². The van der Waals surface area contributed by atoms with Gasteiger partial charge in [-0.2, -0.15) is 5.10 Å². The third kappa shape index (κ3) is 4.71. The van der Waals surface area contributed by atoms with Crippen molar-refractivity contribution in [1.29, 1.82) is 0 Å². The fourth-order valence-electron chi connectivity index (χ4n) is 2.71. The molecule has 0 aliphatic rings. The van der Waals surface area contributed by atoms with Crippen LogP contribution in [0.3, 0.4) is 0 Å². The second-order valence-corrected chi connectivity index (χ2v) is 7.03. The predicted molar refractivity (Wildman–Crippen MR) is 109 cm³/mol. The molecule has 0 atom stereocenters. The zero-order valence-corrected chi connectivity index (χ0v) is 17.0. The molecular formula is C21H20BrN3O2. The van der Waals surface area contributed by atoms with Crippen molar-refractivity contribution in [2.45, 2.75) is 27.3 Å². The Hall–Kier alpha value is -2.73. The number of nitrogens with zero attached hydrogens (tertiary/aromatic N) is 3. The van der Waals surface area contributed by atoms with Crippen molar-refractivity contribution in [3.05, 3.63) is 81.4 Å². The summed E-state index contributed by atoms with van der Waals surface area (Å²) < 4.78 is 7.74. The van der Waals surface area contributed by atoms with E-state index in [4.69, 9.17) is 4.74 Å². The maximum atomic E-state index is 12.1. The van der Waals surface area contributed by atoms with E-state index in [1.54, 1.807) is 24.4 Å². The molecule has 0 aliphatic heterocycles. The van der Waals surface area contributed by atoms with Gasteiger partial charge in [-0.05, 0) is 60.5 Å². The molecule has 5 nitrogen and oxygen atoms in total. The van der Waals surface area contributed by atoms with Gasteiger partial charge in [0.05, 0.1) is 12.2 Å². The summed E-state index contributed by atoms with van der Waals surface area (Å²) in [5, 5.41) is 4.60. The Kier molecular flexibility index (Phi) is 5.86. The summed E-state index contributed by atoms with van der Waals surface area (Å²) >= 11 is 3.26. The summed E-state index contributed by atoms with van der Waals surface area (Å²) in [6.45, 7) is 6.69. The number of hydrogen-bond acceptors (Lipinski definition) is 4. The summed E-state index contributed by atoms with van der Waals surface area (Å²) in [6.07, 6.45) is 4.77. The highest BCUT2D eigenvalue weighted by atomic mass is 79.9. The minimum absolute atomic E-state index is 0.385. The van der Waals surface area contributed by atoms with Gasteiger partial charge in [-0.25, -0.2) is 9.78 Å². The summed E-state index contributed by atoms with van der Waals surface area (Å²) in [5.41, 5.74) is 5.20. The van der Waals surface area contributed by atoms with E-state index >= 15 is 0 Å². The van der Waals surface area contributed by atoms with E-state index in [2.05, 4.69) is 57.2 Å². The highest BCUT2D eigenvalue weighted by molar-refractivity contribution is 9.10. The maximum Gasteiger partial charge on any atom is 0.336 e. The Morgan fingerprint density at radius 2 is 1.93 bits per heavy atom. The van der Waals surface area contributed by atoms with Gasteiger partial charge in [0.1, 0.15) is 4.60 Å². The second-order valence-electron chi connectivity index (χ2n) is 6.27. The minimum atomic E-state index is -0.464. The first-order valence-corrected chi connectivity index (χ1v) is 9.33. The quantitative estimate of drug-likeness (QED) is 0.339. The van der Waals surface area contributed by atoms with Gasteiger partial charge in [-0.15, -0.1) is 0 Å². The van der Waals surface area contributed by atoms with Crippen LogP contribution in [0.15, 0.2) is 53.3 Å². The molecule has 2 aromatic heterocycles. The molecule has 0 bridgehead atoms. The summed E-state index contributed by atoms with van der Waals surface area (Å²) in [7, 11) is 0. The number of halogens is 1. The smallest absolute Gasteiger partial charge is 0.336 e. The van der Waals surface area contributed by atoms with Crippen LogP contribution in [-0.2, 0) is 11.3 Å². The molecule has 0 unspecified atom stereocenters. The number of carbonyl (C=O) groups excluding carboxylic acids is 1. The van der Waals surface area contributed by atoms with Crippen LogP contribution in [0.2, 0.25) is 0 Å². The molecule has 0 fully saturated rings. The molecular weight excluding hydrogens is 406 g/mol. The molecule has 1 aromatic carbocycles. The fraction of sp³-hybridized carbons (Fsp3) is 0.190. The fourth-order valence-corrected chi connectivity index (χ4v) is 3.04. The van der Waals surface area contributed by atoms with Crippen molar-refractivity contribution in [3.8, 4) is 5.75 Å². The highest BCUT2D eigenvalue weighted by Crippen LogP contribution is 2.22. The van der Waals surface area contributed by atoms with Gasteiger partial charge in [-0.3, -0.25) is 4.68 Å². The predicted octanol–water partition coefficient (Wildman–Crippen LogP) is 4.63. The lowest BCUT2D eigenvalue weighted by atomic mass is 10.1. The first kappa shape index (κ1) is 19.0. The second kappa shape index (κ2) is 8.31. The lowest BCUT2D eigenvalue weighted by Crippen LogP contribution is -2.05. The minimum Gasteiger partial charge on any atom is -0.420 e. The standard InChI is InChI=1S/C21H20BrN3O2/c1-14-6-8-17(9-7-14)13-25-16(3)18(15(2)24-25)10-11-20(26)27-19-5-4-12-23-21(19)22/h4-12H,13H2,1-3H3/b11-10+. The molecule has 0 amide bonds. The van der Waals surface area contributed by atoms with E-state index in [-0.39, 0.29) is 0 Å². The SMILES string of the molecule is Cc1ccc(Cn2nc(C)c(/C=C/C(=O)Oc3cccnc3Br)c2C)cc1. The van der Waals surface area contributed by atoms with Crippen molar-refractivity contribution >= 4 is 28.0 Å². The number of aromatic nitrogens is 3. The highest BCUT2D eigenvalue weighted by Gasteiger charge is 2.11. The van der Waals surface area contributed by atoms with Crippen LogP contribution in [0.4, 0.5) is 0 Å². The number of pyridine rings is 1. The van der Waals surface area contributed by atoms with Crippen LogP contribution >= 0.6 is 15.9 Å². The van der Waals surface area contributed by atoms with Crippen molar-refractivity contribution in [2.24, 2.45) is 0 Å². The summed E-state index contributed by atoms with van der Waals surface area (Å²) in [6, 6.07) is 11.8. The normalized spacial score (nSPS) is 11.1. The Bertz CT molecular complexity index is 991. The number of esters is 1. The van der Waals surface area contributed by atoms with Gasteiger partial charge in [0, 0.05) is 23.5 Å².